The summed E-state index contributed by atoms with van der Waals surface area (Å²) in [6.45, 7) is 0. The third kappa shape index (κ3) is 6.11. The number of hydrogen-bond donors (Lipinski definition) is 3. The highest BCUT2D eigenvalue weighted by Gasteiger charge is 2.23. The molecule has 5 aromatic rings. The van der Waals surface area contributed by atoms with E-state index in [2.05, 4.69) is 26.1 Å². The summed E-state index contributed by atoms with van der Waals surface area (Å²) >= 11 is 7.31. The van der Waals surface area contributed by atoms with Gasteiger partial charge in [-0.3, -0.25) is 10.1 Å². The van der Waals surface area contributed by atoms with Crippen LogP contribution < -0.4 is 16.0 Å². The Labute approximate surface area is 222 Å². The Morgan fingerprint density at radius 2 is 1.59 bits per heavy atom. The maximum atomic E-state index is 13.3. The Balaban J connectivity index is 1.33. The van der Waals surface area contributed by atoms with Gasteiger partial charge in [-0.1, -0.05) is 102 Å². The number of carbonyl (C=O) groups is 2. The first-order valence-electron chi connectivity index (χ1n) is 11.5. The highest BCUT2D eigenvalue weighted by atomic mass is 35.5. The van der Waals surface area contributed by atoms with E-state index < -0.39 is 18.0 Å². The summed E-state index contributed by atoms with van der Waals surface area (Å²) in [7, 11) is 0. The number of halogens is 1. The smallest absolute Gasteiger partial charge is 0.319 e. The van der Waals surface area contributed by atoms with Gasteiger partial charge in [0.15, 0.2) is 0 Å². The quantitative estimate of drug-likeness (QED) is 0.229. The zero-order chi connectivity index (χ0) is 25.6. The van der Waals surface area contributed by atoms with Gasteiger partial charge < -0.3 is 10.6 Å². The summed E-state index contributed by atoms with van der Waals surface area (Å²) in [5, 5.41) is 20.2. The fraction of sp³-hybridized carbons (Fsp3) is 0.0714. The molecule has 0 aliphatic heterocycles. The Kier molecular flexibility index (Phi) is 7.39. The van der Waals surface area contributed by atoms with Gasteiger partial charge >= 0.3 is 6.03 Å². The van der Waals surface area contributed by atoms with E-state index >= 15 is 0 Å². The normalized spacial score (nSPS) is 11.6. The first-order valence-corrected chi connectivity index (χ1v) is 12.7. The molecule has 0 aliphatic rings. The predicted octanol–water partition coefficient (Wildman–Crippen LogP) is 6.38. The molecule has 0 fully saturated rings. The maximum Gasteiger partial charge on any atom is 0.319 e. The second kappa shape index (κ2) is 11.2. The molecule has 5 rings (SSSR count). The Hall–Kier alpha value is -4.27. The molecule has 4 aromatic carbocycles. The van der Waals surface area contributed by atoms with Crippen molar-refractivity contribution in [1.29, 1.82) is 0 Å². The van der Waals surface area contributed by atoms with Crippen molar-refractivity contribution in [3.63, 3.8) is 0 Å². The molecule has 184 valence electrons. The molecule has 3 amide bonds. The average molecular weight is 528 g/mol. The number of hydrogen-bond acceptors (Lipinski definition) is 5. The molecule has 9 heteroatoms. The highest BCUT2D eigenvalue weighted by Crippen LogP contribution is 2.28. The van der Waals surface area contributed by atoms with Crippen LogP contribution in [0.15, 0.2) is 97.1 Å². The molecule has 0 bridgehead atoms. The molecule has 37 heavy (non-hydrogen) atoms. The lowest BCUT2D eigenvalue weighted by molar-refractivity contribution is -0.117. The lowest BCUT2D eigenvalue weighted by Gasteiger charge is -2.19. The summed E-state index contributed by atoms with van der Waals surface area (Å²) in [6, 6.07) is 28.9. The average Bonchev–Trinajstić information content (AvgIpc) is 3.38. The van der Waals surface area contributed by atoms with E-state index in [4.69, 9.17) is 11.6 Å². The number of rotatable bonds is 7. The van der Waals surface area contributed by atoms with Crippen LogP contribution in [0.25, 0.3) is 21.3 Å². The number of nitrogens with one attached hydrogen (secondary N) is 3. The third-order valence-electron chi connectivity index (χ3n) is 5.67. The number of anilines is 2. The Morgan fingerprint density at radius 3 is 2.43 bits per heavy atom. The van der Waals surface area contributed by atoms with E-state index in [9.17, 15) is 9.59 Å². The molecule has 0 saturated heterocycles. The van der Waals surface area contributed by atoms with Crippen LogP contribution in [-0.2, 0) is 11.2 Å². The number of carbonyl (C=O) groups excluding carboxylic acids is 2. The summed E-state index contributed by atoms with van der Waals surface area (Å²) < 4.78 is 0. The zero-order valence-electron chi connectivity index (χ0n) is 19.5. The molecule has 0 spiro atoms. The van der Waals surface area contributed by atoms with Crippen LogP contribution in [0.3, 0.4) is 0 Å². The van der Waals surface area contributed by atoms with Crippen molar-refractivity contribution < 1.29 is 9.59 Å². The molecular weight excluding hydrogens is 506 g/mol. The van der Waals surface area contributed by atoms with Crippen molar-refractivity contribution in [2.45, 2.75) is 12.5 Å². The minimum Gasteiger partial charge on any atom is -0.326 e. The second-order valence-electron chi connectivity index (χ2n) is 8.28. The van der Waals surface area contributed by atoms with Crippen LogP contribution in [-0.4, -0.2) is 28.2 Å². The van der Waals surface area contributed by atoms with Gasteiger partial charge in [0.05, 0.1) is 5.69 Å². The number of fused-ring (bicyclic) bond motifs is 1. The van der Waals surface area contributed by atoms with E-state index in [1.165, 1.54) is 11.3 Å². The van der Waals surface area contributed by atoms with Gasteiger partial charge in [-0.05, 0) is 29.1 Å². The number of amides is 3. The minimum atomic E-state index is -0.851. The van der Waals surface area contributed by atoms with E-state index in [-0.39, 0.29) is 0 Å². The fourth-order valence-corrected chi connectivity index (χ4v) is 4.85. The van der Waals surface area contributed by atoms with Crippen molar-refractivity contribution >= 4 is 56.5 Å². The lowest BCUT2D eigenvalue weighted by Crippen LogP contribution is -2.46. The molecule has 0 aliphatic carbocycles. The molecule has 0 radical (unpaired) electrons. The Morgan fingerprint density at radius 1 is 0.838 bits per heavy atom. The highest BCUT2D eigenvalue weighted by molar-refractivity contribution is 7.18. The molecule has 7 nitrogen and oxygen atoms in total. The standard InChI is InChI=1S/C28H22ClN5O2S/c29-21-13-6-12-20(17-21)26-33-34-28(37-26)32-25(35)24(16-18-8-2-1-3-9-18)31-27(36)30-23-15-7-11-19-10-4-5-14-22(19)23/h1-15,17,24H,16H2,(H2,30,31,36)(H,32,34,35)/t24-/m1/s1. The summed E-state index contributed by atoms with van der Waals surface area (Å²) in [6.07, 6.45) is 0.301. The number of benzene rings is 4. The molecule has 0 saturated carbocycles. The fourth-order valence-electron chi connectivity index (χ4n) is 3.91. The molecular formula is C28H22ClN5O2S. The number of urea groups is 1. The van der Waals surface area contributed by atoms with Crippen molar-refractivity contribution in [1.82, 2.24) is 15.5 Å². The van der Waals surface area contributed by atoms with Crippen LogP contribution in [0, 0.1) is 0 Å². The van der Waals surface area contributed by atoms with Crippen LogP contribution in [0.1, 0.15) is 5.56 Å². The monoisotopic (exact) mass is 527 g/mol. The number of aromatic nitrogens is 2. The summed E-state index contributed by atoms with van der Waals surface area (Å²) in [5.74, 6) is -0.397. The van der Waals surface area contributed by atoms with Gasteiger partial charge in [-0.2, -0.15) is 0 Å². The van der Waals surface area contributed by atoms with Crippen molar-refractivity contribution in [2.24, 2.45) is 0 Å². The minimum absolute atomic E-state index is 0.301. The van der Waals surface area contributed by atoms with Gasteiger partial charge in [0, 0.05) is 22.4 Å². The van der Waals surface area contributed by atoms with Gasteiger partial charge in [0.25, 0.3) is 0 Å². The molecule has 3 N–H and O–H groups in total. The van der Waals surface area contributed by atoms with Gasteiger partial charge in [-0.15, -0.1) is 10.2 Å². The molecule has 1 aromatic heterocycles. The van der Waals surface area contributed by atoms with Crippen LogP contribution in [0.4, 0.5) is 15.6 Å². The van der Waals surface area contributed by atoms with E-state index in [0.29, 0.717) is 27.3 Å². The zero-order valence-corrected chi connectivity index (χ0v) is 21.1. The van der Waals surface area contributed by atoms with E-state index in [0.717, 1.165) is 21.9 Å². The maximum absolute atomic E-state index is 13.3. The van der Waals surface area contributed by atoms with Crippen LogP contribution in [0.5, 0.6) is 0 Å². The van der Waals surface area contributed by atoms with Gasteiger partial charge in [0.1, 0.15) is 11.0 Å². The van der Waals surface area contributed by atoms with Gasteiger partial charge in [-0.25, -0.2) is 4.79 Å². The third-order valence-corrected chi connectivity index (χ3v) is 6.79. The largest absolute Gasteiger partial charge is 0.326 e. The summed E-state index contributed by atoms with van der Waals surface area (Å²) in [5.41, 5.74) is 2.37. The Bertz CT molecular complexity index is 1550. The molecule has 1 heterocycles. The predicted molar refractivity (Wildman–Crippen MR) is 149 cm³/mol. The van der Waals surface area contributed by atoms with Crippen molar-refractivity contribution in [3.05, 3.63) is 108 Å². The van der Waals surface area contributed by atoms with Crippen molar-refractivity contribution in [3.8, 4) is 10.6 Å². The number of nitrogens with zero attached hydrogens (tertiary/aromatic N) is 2. The first kappa shape index (κ1) is 24.4. The summed E-state index contributed by atoms with van der Waals surface area (Å²) in [4.78, 5) is 26.3. The molecule has 0 unspecified atom stereocenters. The van der Waals surface area contributed by atoms with Gasteiger partial charge in [0.2, 0.25) is 11.0 Å². The van der Waals surface area contributed by atoms with Crippen molar-refractivity contribution in [2.75, 3.05) is 10.6 Å². The van der Waals surface area contributed by atoms with Crippen LogP contribution >= 0.6 is 22.9 Å². The second-order valence-corrected chi connectivity index (χ2v) is 9.69. The lowest BCUT2D eigenvalue weighted by atomic mass is 10.1. The topological polar surface area (TPSA) is 96.0 Å². The van der Waals surface area contributed by atoms with E-state index in [1.54, 1.807) is 12.1 Å². The SMILES string of the molecule is O=C(Nc1cccc2ccccc12)N[C@H](Cc1ccccc1)C(=O)Nc1nnc(-c2cccc(Cl)c2)s1. The van der Waals surface area contributed by atoms with E-state index in [1.807, 2.05) is 84.9 Å². The molecule has 1 atom stereocenters. The van der Waals surface area contributed by atoms with Crippen LogP contribution in [0.2, 0.25) is 5.02 Å². The first-order chi connectivity index (χ1) is 18.0.